The van der Waals surface area contributed by atoms with E-state index in [0.29, 0.717) is 12.2 Å². The molecule has 1 N–H and O–H groups in total. The fourth-order valence-corrected chi connectivity index (χ4v) is 1.87. The van der Waals surface area contributed by atoms with E-state index in [1.807, 2.05) is 0 Å². The van der Waals surface area contributed by atoms with Crippen molar-refractivity contribution in [1.29, 1.82) is 0 Å². The number of aryl methyl sites for hydroxylation is 1. The van der Waals surface area contributed by atoms with E-state index in [1.165, 1.54) is 10.6 Å². The Hall–Kier alpha value is -2.57. The Morgan fingerprint density at radius 2 is 2.11 bits per heavy atom. The molecule has 0 aliphatic rings. The molecular weight excluding hydrogens is 248 g/mol. The first-order valence-corrected chi connectivity index (χ1v) is 5.69. The summed E-state index contributed by atoms with van der Waals surface area (Å²) in [6.45, 7) is 0.381. The molecule has 2 rings (SSSR count). The number of nitro benzene ring substituents is 1. The minimum atomic E-state index is -0.440. The average molecular weight is 262 g/mol. The maximum atomic E-state index is 11.7. The lowest BCUT2D eigenvalue weighted by Crippen LogP contribution is -2.22. The quantitative estimate of drug-likeness (QED) is 0.662. The smallest absolute Gasteiger partial charge is 0.328 e. The molecule has 0 spiro atoms. The summed E-state index contributed by atoms with van der Waals surface area (Å²) >= 11 is 0. The number of hydrogen-bond acceptors (Lipinski definition) is 4. The lowest BCUT2D eigenvalue weighted by molar-refractivity contribution is -0.383. The zero-order valence-corrected chi connectivity index (χ0v) is 10.7. The highest BCUT2D eigenvalue weighted by molar-refractivity contribution is 5.62. The van der Waals surface area contributed by atoms with Gasteiger partial charge in [-0.1, -0.05) is 6.07 Å². The third-order valence-corrected chi connectivity index (χ3v) is 2.90. The van der Waals surface area contributed by atoms with Gasteiger partial charge in [0.05, 0.1) is 11.5 Å². The van der Waals surface area contributed by atoms with Crippen LogP contribution in [0.25, 0.3) is 0 Å². The van der Waals surface area contributed by atoms with Crippen molar-refractivity contribution in [1.82, 2.24) is 9.13 Å². The SMILES string of the molecule is CNc1cc(Cn2ccn(C)c2=O)ccc1[N+](=O)[O-]. The second-order valence-electron chi connectivity index (χ2n) is 4.18. The average Bonchev–Trinajstić information content (AvgIpc) is 2.70. The van der Waals surface area contributed by atoms with Gasteiger partial charge in [0.1, 0.15) is 5.69 Å². The second-order valence-corrected chi connectivity index (χ2v) is 4.18. The molecule has 1 aromatic carbocycles. The van der Waals surface area contributed by atoms with Crippen LogP contribution in [0, 0.1) is 10.1 Å². The molecule has 0 bridgehead atoms. The molecule has 0 atom stereocenters. The van der Waals surface area contributed by atoms with Gasteiger partial charge in [-0.3, -0.25) is 14.7 Å². The van der Waals surface area contributed by atoms with Gasteiger partial charge in [0.15, 0.2) is 0 Å². The van der Waals surface area contributed by atoms with Crippen molar-refractivity contribution in [2.75, 3.05) is 12.4 Å². The van der Waals surface area contributed by atoms with Crippen molar-refractivity contribution in [2.45, 2.75) is 6.54 Å². The van der Waals surface area contributed by atoms with Crippen molar-refractivity contribution in [3.8, 4) is 0 Å². The van der Waals surface area contributed by atoms with Crippen LogP contribution in [0.2, 0.25) is 0 Å². The van der Waals surface area contributed by atoms with E-state index >= 15 is 0 Å². The van der Waals surface area contributed by atoms with Crippen LogP contribution in [0.5, 0.6) is 0 Å². The number of nitro groups is 1. The molecule has 0 aliphatic heterocycles. The van der Waals surface area contributed by atoms with E-state index < -0.39 is 4.92 Å². The molecule has 0 fully saturated rings. The largest absolute Gasteiger partial charge is 0.383 e. The maximum absolute atomic E-state index is 11.7. The topological polar surface area (TPSA) is 82.1 Å². The summed E-state index contributed by atoms with van der Waals surface area (Å²) in [5.74, 6) is 0. The highest BCUT2D eigenvalue weighted by Crippen LogP contribution is 2.25. The standard InChI is InChI=1S/C12H14N4O3/c1-13-10-7-9(3-4-11(10)16(18)19)8-15-6-5-14(2)12(15)17/h3-7,13H,8H2,1-2H3. The minimum absolute atomic E-state index is 0.0201. The van der Waals surface area contributed by atoms with E-state index in [0.717, 1.165) is 5.56 Å². The number of benzene rings is 1. The van der Waals surface area contributed by atoms with Crippen molar-refractivity contribution in [3.63, 3.8) is 0 Å². The van der Waals surface area contributed by atoms with E-state index in [-0.39, 0.29) is 11.4 Å². The molecule has 0 saturated carbocycles. The van der Waals surface area contributed by atoms with Gasteiger partial charge in [-0.2, -0.15) is 0 Å². The first-order valence-electron chi connectivity index (χ1n) is 5.69. The van der Waals surface area contributed by atoms with E-state index in [4.69, 9.17) is 0 Å². The number of nitrogens with zero attached hydrogens (tertiary/aromatic N) is 3. The molecule has 7 nitrogen and oxygen atoms in total. The number of hydrogen-bond donors (Lipinski definition) is 1. The number of anilines is 1. The predicted molar refractivity (Wildman–Crippen MR) is 71.4 cm³/mol. The lowest BCUT2D eigenvalue weighted by Gasteiger charge is -2.06. The first kappa shape index (κ1) is 12.9. The Bertz CT molecular complexity index is 672. The minimum Gasteiger partial charge on any atom is -0.383 e. The van der Waals surface area contributed by atoms with Crippen LogP contribution in [-0.2, 0) is 13.6 Å². The van der Waals surface area contributed by atoms with Crippen molar-refractivity contribution >= 4 is 11.4 Å². The van der Waals surface area contributed by atoms with E-state index in [9.17, 15) is 14.9 Å². The number of aromatic nitrogens is 2. The van der Waals surface area contributed by atoms with Crippen LogP contribution >= 0.6 is 0 Å². The Morgan fingerprint density at radius 1 is 1.37 bits per heavy atom. The molecule has 7 heteroatoms. The lowest BCUT2D eigenvalue weighted by atomic mass is 10.1. The van der Waals surface area contributed by atoms with Crippen LogP contribution in [0.4, 0.5) is 11.4 Å². The highest BCUT2D eigenvalue weighted by Gasteiger charge is 2.13. The Balaban J connectivity index is 2.34. The molecule has 0 aliphatic carbocycles. The van der Waals surface area contributed by atoms with Gasteiger partial charge < -0.3 is 9.88 Å². The summed E-state index contributed by atoms with van der Waals surface area (Å²) in [6.07, 6.45) is 3.36. The van der Waals surface area contributed by atoms with E-state index in [2.05, 4.69) is 5.32 Å². The second kappa shape index (κ2) is 4.97. The summed E-state index contributed by atoms with van der Waals surface area (Å²) in [5.41, 5.74) is 1.16. The Labute approximate surface area is 109 Å². The summed E-state index contributed by atoms with van der Waals surface area (Å²) in [6, 6.07) is 4.77. The molecule has 0 amide bonds. The third-order valence-electron chi connectivity index (χ3n) is 2.90. The Kier molecular flexibility index (Phi) is 3.37. The van der Waals surface area contributed by atoms with Crippen molar-refractivity contribution in [2.24, 2.45) is 7.05 Å². The van der Waals surface area contributed by atoms with Gasteiger partial charge in [-0.05, 0) is 11.6 Å². The molecule has 1 heterocycles. The summed E-state index contributed by atoms with van der Waals surface area (Å²) in [7, 11) is 3.30. The summed E-state index contributed by atoms with van der Waals surface area (Å²) in [4.78, 5) is 22.1. The summed E-state index contributed by atoms with van der Waals surface area (Å²) in [5, 5.41) is 13.6. The normalized spacial score (nSPS) is 10.4. The Morgan fingerprint density at radius 3 is 2.63 bits per heavy atom. The fraction of sp³-hybridized carbons (Fsp3) is 0.250. The zero-order valence-electron chi connectivity index (χ0n) is 10.7. The predicted octanol–water partition coefficient (Wildman–Crippen LogP) is 1.19. The van der Waals surface area contributed by atoms with Crippen molar-refractivity contribution < 1.29 is 4.92 Å². The molecule has 0 radical (unpaired) electrons. The number of imidazole rings is 1. The molecule has 1 aromatic heterocycles. The fourth-order valence-electron chi connectivity index (χ4n) is 1.87. The number of rotatable bonds is 4. The van der Waals surface area contributed by atoms with Gasteiger partial charge in [0.2, 0.25) is 0 Å². The zero-order chi connectivity index (χ0) is 14.0. The van der Waals surface area contributed by atoms with Crippen molar-refractivity contribution in [3.05, 3.63) is 56.8 Å². The van der Waals surface area contributed by atoms with Gasteiger partial charge in [0.25, 0.3) is 5.69 Å². The first-order chi connectivity index (χ1) is 9.02. The van der Waals surface area contributed by atoms with Crippen LogP contribution in [0.1, 0.15) is 5.56 Å². The molecule has 2 aromatic rings. The van der Waals surface area contributed by atoms with Gasteiger partial charge >= 0.3 is 5.69 Å². The van der Waals surface area contributed by atoms with E-state index in [1.54, 1.807) is 43.2 Å². The molecule has 19 heavy (non-hydrogen) atoms. The van der Waals surface area contributed by atoms with Gasteiger partial charge in [-0.25, -0.2) is 4.79 Å². The third kappa shape index (κ3) is 2.49. The molecule has 0 saturated heterocycles. The van der Waals surface area contributed by atoms with Gasteiger partial charge in [-0.15, -0.1) is 0 Å². The van der Waals surface area contributed by atoms with Crippen LogP contribution in [-0.4, -0.2) is 21.1 Å². The van der Waals surface area contributed by atoms with Crippen LogP contribution < -0.4 is 11.0 Å². The summed E-state index contributed by atoms with van der Waals surface area (Å²) < 4.78 is 3.02. The molecular formula is C12H14N4O3. The van der Waals surface area contributed by atoms with Crippen LogP contribution in [0.3, 0.4) is 0 Å². The van der Waals surface area contributed by atoms with Crippen LogP contribution in [0.15, 0.2) is 35.4 Å². The molecule has 100 valence electrons. The highest BCUT2D eigenvalue weighted by atomic mass is 16.6. The number of nitrogens with one attached hydrogen (secondary N) is 1. The maximum Gasteiger partial charge on any atom is 0.328 e. The monoisotopic (exact) mass is 262 g/mol. The van der Waals surface area contributed by atoms with Gasteiger partial charge in [0, 0.05) is 32.6 Å². The molecule has 0 unspecified atom stereocenters.